The molecule has 0 saturated heterocycles. The number of halogens is 3. The minimum Gasteiger partial charge on any atom is -0.378 e. The number of alkyl halides is 3. The van der Waals surface area contributed by atoms with Crippen molar-refractivity contribution in [3.63, 3.8) is 0 Å². The number of aliphatic hydroxyl groups is 1. The van der Waals surface area contributed by atoms with Gasteiger partial charge in [-0.15, -0.1) is 0 Å². The highest BCUT2D eigenvalue weighted by Crippen LogP contribution is 2.29. The van der Waals surface area contributed by atoms with Crippen molar-refractivity contribution in [2.24, 2.45) is 0 Å². The van der Waals surface area contributed by atoms with Gasteiger partial charge in [-0.2, -0.15) is 13.2 Å². The fraction of sp³-hybridized carbons (Fsp3) is 0.308. The first-order valence-electron chi connectivity index (χ1n) is 11.0. The summed E-state index contributed by atoms with van der Waals surface area (Å²) in [5, 5.41) is 10.8. The third-order valence-electron chi connectivity index (χ3n) is 6.00. The van der Waals surface area contributed by atoms with Crippen LogP contribution >= 0.6 is 0 Å². The molecule has 0 radical (unpaired) electrons. The lowest BCUT2D eigenvalue weighted by molar-refractivity contribution is -0.141. The van der Waals surface area contributed by atoms with E-state index in [1.54, 1.807) is 30.3 Å². The number of carbonyl (C=O) groups is 1. The highest BCUT2D eigenvalue weighted by Gasteiger charge is 2.32. The Morgan fingerprint density at radius 1 is 1.00 bits per heavy atom. The zero-order chi connectivity index (χ0) is 23.4. The molecule has 172 valence electrons. The normalized spacial score (nSPS) is 14.4. The third kappa shape index (κ3) is 5.42. The van der Waals surface area contributed by atoms with Crippen molar-refractivity contribution in [3.8, 4) is 0 Å². The molecule has 0 bridgehead atoms. The van der Waals surface area contributed by atoms with Gasteiger partial charge in [0.15, 0.2) is 6.10 Å². The van der Waals surface area contributed by atoms with E-state index in [4.69, 9.17) is 0 Å². The molecule has 2 aromatic carbocycles. The summed E-state index contributed by atoms with van der Waals surface area (Å²) in [5.41, 5.74) is 3.26. The molecular formula is C26H25F3N2O2. The first-order chi connectivity index (χ1) is 15.8. The quantitative estimate of drug-likeness (QED) is 0.551. The Morgan fingerprint density at radius 2 is 1.73 bits per heavy atom. The Morgan fingerprint density at radius 3 is 2.39 bits per heavy atom. The number of carbonyl (C=O) groups excluding carboxylic acids is 1. The number of hydrogen-bond acceptors (Lipinski definition) is 3. The minimum absolute atomic E-state index is 0.203. The Balaban J connectivity index is 1.59. The van der Waals surface area contributed by atoms with Crippen LogP contribution in [0.5, 0.6) is 0 Å². The smallest absolute Gasteiger partial charge is 0.378 e. The highest BCUT2D eigenvalue weighted by atomic mass is 19.4. The van der Waals surface area contributed by atoms with Crippen molar-refractivity contribution < 1.29 is 23.1 Å². The van der Waals surface area contributed by atoms with Crippen LogP contribution in [0.25, 0.3) is 0 Å². The first kappa shape index (κ1) is 23.0. The fourth-order valence-electron chi connectivity index (χ4n) is 4.16. The average Bonchev–Trinajstić information content (AvgIpc) is 2.83. The van der Waals surface area contributed by atoms with Crippen LogP contribution in [0.1, 0.15) is 46.9 Å². The van der Waals surface area contributed by atoms with Crippen molar-refractivity contribution >= 4 is 11.6 Å². The number of anilines is 1. The van der Waals surface area contributed by atoms with Crippen LogP contribution < -0.4 is 4.90 Å². The Labute approximate surface area is 190 Å². The summed E-state index contributed by atoms with van der Waals surface area (Å²) in [6.45, 7) is 0.203. The standard InChI is InChI=1S/C26H25F3N2O2/c27-26(28,29)23-13-10-18(17-30-23)14-15-31(25(33)24(32)20-7-2-1-3-8-20)22-12-11-19-6-4-5-9-21(19)16-22/h1-3,7-8,10-13,16-17,24,32H,4-6,9,14-15H2/t24-/m0/s1. The van der Waals surface area contributed by atoms with Crippen LogP contribution in [0.15, 0.2) is 66.9 Å². The van der Waals surface area contributed by atoms with Crippen molar-refractivity contribution in [2.75, 3.05) is 11.4 Å². The third-order valence-corrected chi connectivity index (χ3v) is 6.00. The van der Waals surface area contributed by atoms with E-state index < -0.39 is 23.9 Å². The molecule has 4 rings (SSSR count). The van der Waals surface area contributed by atoms with Crippen molar-refractivity contribution in [2.45, 2.75) is 44.4 Å². The number of benzene rings is 2. The summed E-state index contributed by atoms with van der Waals surface area (Å²) in [7, 11) is 0. The minimum atomic E-state index is -4.50. The molecule has 0 fully saturated rings. The summed E-state index contributed by atoms with van der Waals surface area (Å²) in [5.74, 6) is -0.475. The molecule has 1 amide bonds. The van der Waals surface area contributed by atoms with Gasteiger partial charge in [0, 0.05) is 18.4 Å². The number of rotatable bonds is 6. The number of amides is 1. The van der Waals surface area contributed by atoms with Crippen LogP contribution in [-0.2, 0) is 30.2 Å². The number of hydrogen-bond donors (Lipinski definition) is 1. The predicted molar refractivity (Wildman–Crippen MR) is 120 cm³/mol. The number of aryl methyl sites for hydroxylation is 2. The molecule has 1 aromatic heterocycles. The Hall–Kier alpha value is -3.19. The lowest BCUT2D eigenvalue weighted by atomic mass is 9.91. The molecule has 4 nitrogen and oxygen atoms in total. The molecule has 0 saturated carbocycles. The van der Waals surface area contributed by atoms with E-state index in [1.807, 2.05) is 18.2 Å². The van der Waals surface area contributed by atoms with E-state index >= 15 is 0 Å². The maximum atomic E-state index is 13.3. The number of pyridine rings is 1. The molecule has 0 spiro atoms. The molecule has 1 heterocycles. The molecule has 7 heteroatoms. The Kier molecular flexibility index (Phi) is 6.79. The van der Waals surface area contributed by atoms with Gasteiger partial charge in [0.1, 0.15) is 5.69 Å². The second kappa shape index (κ2) is 9.75. The summed E-state index contributed by atoms with van der Waals surface area (Å²) in [4.78, 5) is 18.4. The zero-order valence-corrected chi connectivity index (χ0v) is 18.1. The molecule has 1 atom stereocenters. The van der Waals surface area contributed by atoms with Gasteiger partial charge in [-0.25, -0.2) is 0 Å². The van der Waals surface area contributed by atoms with E-state index in [9.17, 15) is 23.1 Å². The van der Waals surface area contributed by atoms with Crippen molar-refractivity contribution in [3.05, 3.63) is 94.8 Å². The average molecular weight is 454 g/mol. The molecule has 0 aliphatic heterocycles. The van der Waals surface area contributed by atoms with E-state index in [0.717, 1.165) is 31.7 Å². The molecule has 1 aliphatic rings. The van der Waals surface area contributed by atoms with Gasteiger partial charge in [0.2, 0.25) is 0 Å². The molecule has 0 unspecified atom stereocenters. The van der Waals surface area contributed by atoms with Crippen LogP contribution in [0.2, 0.25) is 0 Å². The number of nitrogens with zero attached hydrogens (tertiary/aromatic N) is 2. The Bertz CT molecular complexity index is 1100. The maximum absolute atomic E-state index is 13.3. The van der Waals surface area contributed by atoms with E-state index in [0.29, 0.717) is 23.2 Å². The topological polar surface area (TPSA) is 53.4 Å². The summed E-state index contributed by atoms with van der Waals surface area (Å²) in [6.07, 6.45) is -0.169. The molecule has 1 N–H and O–H groups in total. The number of fused-ring (bicyclic) bond motifs is 1. The molecular weight excluding hydrogens is 429 g/mol. The summed E-state index contributed by atoms with van der Waals surface area (Å²) < 4.78 is 38.4. The molecule has 33 heavy (non-hydrogen) atoms. The SMILES string of the molecule is O=C([C@@H](O)c1ccccc1)N(CCc1ccc(C(F)(F)F)nc1)c1ccc2c(c1)CCCC2. The highest BCUT2D eigenvalue weighted by molar-refractivity contribution is 5.97. The second-order valence-electron chi connectivity index (χ2n) is 8.26. The van der Waals surface area contributed by atoms with Gasteiger partial charge >= 0.3 is 6.18 Å². The van der Waals surface area contributed by atoms with Crippen molar-refractivity contribution in [1.82, 2.24) is 4.98 Å². The largest absolute Gasteiger partial charge is 0.433 e. The van der Waals surface area contributed by atoms with E-state index in [-0.39, 0.29) is 6.54 Å². The summed E-state index contributed by atoms with van der Waals surface area (Å²) in [6, 6.07) is 16.9. The number of aliphatic hydroxyl groups excluding tert-OH is 1. The van der Waals surface area contributed by atoms with Gasteiger partial charge in [0.25, 0.3) is 5.91 Å². The summed E-state index contributed by atoms with van der Waals surface area (Å²) >= 11 is 0. The van der Waals surface area contributed by atoms with Crippen LogP contribution in [0, 0.1) is 0 Å². The van der Waals surface area contributed by atoms with Gasteiger partial charge in [-0.3, -0.25) is 9.78 Å². The predicted octanol–water partition coefficient (Wildman–Crippen LogP) is 5.29. The van der Waals surface area contributed by atoms with Crippen LogP contribution in [-0.4, -0.2) is 22.5 Å². The second-order valence-corrected chi connectivity index (χ2v) is 8.26. The monoisotopic (exact) mass is 454 g/mol. The van der Waals surface area contributed by atoms with Gasteiger partial charge in [-0.1, -0.05) is 42.5 Å². The van der Waals surface area contributed by atoms with Crippen LogP contribution in [0.4, 0.5) is 18.9 Å². The lowest BCUT2D eigenvalue weighted by Crippen LogP contribution is -2.37. The molecule has 1 aliphatic carbocycles. The maximum Gasteiger partial charge on any atom is 0.433 e. The zero-order valence-electron chi connectivity index (χ0n) is 18.1. The lowest BCUT2D eigenvalue weighted by Gasteiger charge is -2.27. The van der Waals surface area contributed by atoms with Crippen molar-refractivity contribution in [1.29, 1.82) is 0 Å². The van der Waals surface area contributed by atoms with E-state index in [2.05, 4.69) is 4.98 Å². The van der Waals surface area contributed by atoms with E-state index in [1.165, 1.54) is 28.3 Å². The number of aromatic nitrogens is 1. The van der Waals surface area contributed by atoms with Gasteiger partial charge < -0.3 is 10.0 Å². The van der Waals surface area contributed by atoms with Gasteiger partial charge in [-0.05, 0) is 72.6 Å². The van der Waals surface area contributed by atoms with Gasteiger partial charge in [0.05, 0.1) is 0 Å². The van der Waals surface area contributed by atoms with Crippen LogP contribution in [0.3, 0.4) is 0 Å². The fourth-order valence-corrected chi connectivity index (χ4v) is 4.16. The molecule has 3 aromatic rings. The first-order valence-corrected chi connectivity index (χ1v) is 11.0.